The molecule has 0 aliphatic rings. The molecule has 7 heteroatoms. The molecule has 0 bridgehead atoms. The molecule has 7 nitrogen and oxygen atoms in total. The number of nitrogens with one attached hydrogen (secondary N) is 2. The van der Waals surface area contributed by atoms with Crippen LogP contribution >= 0.6 is 0 Å². The van der Waals surface area contributed by atoms with Crippen molar-refractivity contribution in [2.24, 2.45) is 9.98 Å². The minimum Gasteiger partial charge on any atom is -0.507 e. The lowest BCUT2D eigenvalue weighted by molar-refractivity contribution is 0.473. The van der Waals surface area contributed by atoms with Crippen LogP contribution in [-0.4, -0.2) is 50.6 Å². The Morgan fingerprint density at radius 1 is 0.923 bits per heavy atom. The molecule has 0 saturated carbocycles. The van der Waals surface area contributed by atoms with E-state index < -0.39 is 0 Å². The van der Waals surface area contributed by atoms with Gasteiger partial charge in [-0.25, -0.2) is 9.97 Å². The van der Waals surface area contributed by atoms with Crippen LogP contribution in [0.5, 0.6) is 5.75 Å². The molecule has 0 fully saturated rings. The van der Waals surface area contributed by atoms with Crippen LogP contribution in [-0.2, 0) is 12.8 Å². The molecule has 3 aromatic rings. The van der Waals surface area contributed by atoms with Crippen LogP contribution < -0.4 is 0 Å². The predicted molar refractivity (Wildman–Crippen MR) is 102 cm³/mol. The largest absolute Gasteiger partial charge is 0.507 e. The maximum absolute atomic E-state index is 10.5. The second-order valence-electron chi connectivity index (χ2n) is 6.02. The number of benzene rings is 1. The molecule has 0 aliphatic heterocycles. The zero-order chi connectivity index (χ0) is 18.2. The van der Waals surface area contributed by atoms with E-state index in [4.69, 9.17) is 0 Å². The van der Waals surface area contributed by atoms with Crippen LogP contribution in [0.15, 0.2) is 47.2 Å². The molecule has 0 saturated heterocycles. The normalized spacial score (nSPS) is 11.7. The number of H-pyrrole nitrogens is 2. The first-order valence-corrected chi connectivity index (χ1v) is 8.50. The van der Waals surface area contributed by atoms with Crippen molar-refractivity contribution in [2.75, 3.05) is 13.1 Å². The van der Waals surface area contributed by atoms with E-state index >= 15 is 0 Å². The van der Waals surface area contributed by atoms with Gasteiger partial charge in [0.15, 0.2) is 0 Å². The predicted octanol–water partition coefficient (Wildman–Crippen LogP) is 2.47. The van der Waals surface area contributed by atoms with Crippen LogP contribution in [0, 0.1) is 6.92 Å². The van der Waals surface area contributed by atoms with Crippen LogP contribution in [0.1, 0.15) is 28.1 Å². The number of hydrogen-bond donors (Lipinski definition) is 3. The molecule has 3 N–H and O–H groups in total. The molecule has 3 rings (SSSR count). The van der Waals surface area contributed by atoms with E-state index in [-0.39, 0.29) is 5.75 Å². The SMILES string of the molecule is Cc1cc(C=NCCc2cnc[nH]2)c(O)c(C=NCCc2cnc[nH]2)c1. The second-order valence-corrected chi connectivity index (χ2v) is 6.02. The number of aromatic amines is 2. The van der Waals surface area contributed by atoms with Crippen molar-refractivity contribution < 1.29 is 5.11 Å². The Morgan fingerprint density at radius 2 is 1.42 bits per heavy atom. The summed E-state index contributed by atoms with van der Waals surface area (Å²) in [4.78, 5) is 22.9. The van der Waals surface area contributed by atoms with E-state index in [1.54, 1.807) is 37.5 Å². The first-order chi connectivity index (χ1) is 12.7. The quantitative estimate of drug-likeness (QED) is 0.544. The Morgan fingerprint density at radius 3 is 1.85 bits per heavy atom. The standard InChI is InChI=1S/C19H22N6O/c1-14-6-15(8-20-4-2-17-10-22-12-24-17)19(26)16(7-14)9-21-5-3-18-11-23-13-25-18/h6-13,26H,2-5H2,1H3,(H,22,24)(H,23,25). The molecule has 26 heavy (non-hydrogen) atoms. The summed E-state index contributed by atoms with van der Waals surface area (Å²) in [5, 5.41) is 10.5. The summed E-state index contributed by atoms with van der Waals surface area (Å²) < 4.78 is 0. The Hall–Kier alpha value is -3.22. The van der Waals surface area contributed by atoms with Gasteiger partial charge in [-0.3, -0.25) is 9.98 Å². The molecule has 2 heterocycles. The summed E-state index contributed by atoms with van der Waals surface area (Å²) in [5.41, 5.74) is 4.53. The highest BCUT2D eigenvalue weighted by molar-refractivity contribution is 5.92. The van der Waals surface area contributed by atoms with Gasteiger partial charge in [0.25, 0.3) is 0 Å². The van der Waals surface area contributed by atoms with Gasteiger partial charge in [0.1, 0.15) is 5.75 Å². The highest BCUT2D eigenvalue weighted by Crippen LogP contribution is 2.22. The number of hydrogen-bond acceptors (Lipinski definition) is 5. The monoisotopic (exact) mass is 350 g/mol. The number of phenolic OH excluding ortho intramolecular Hbond substituents is 1. The number of nitrogens with zero attached hydrogens (tertiary/aromatic N) is 4. The highest BCUT2D eigenvalue weighted by Gasteiger charge is 2.05. The van der Waals surface area contributed by atoms with Gasteiger partial charge in [-0.05, 0) is 24.6 Å². The van der Waals surface area contributed by atoms with Crippen molar-refractivity contribution in [3.8, 4) is 5.75 Å². The van der Waals surface area contributed by atoms with E-state index in [1.807, 2.05) is 19.1 Å². The molecule has 134 valence electrons. The Labute approximate surface area is 152 Å². The maximum Gasteiger partial charge on any atom is 0.133 e. The number of phenols is 1. The van der Waals surface area contributed by atoms with Crippen molar-refractivity contribution in [2.45, 2.75) is 19.8 Å². The van der Waals surface area contributed by atoms with E-state index in [9.17, 15) is 5.11 Å². The van der Waals surface area contributed by atoms with Crippen molar-refractivity contribution in [3.63, 3.8) is 0 Å². The fourth-order valence-electron chi connectivity index (χ4n) is 2.57. The molecule has 0 radical (unpaired) electrons. The zero-order valence-corrected chi connectivity index (χ0v) is 14.7. The van der Waals surface area contributed by atoms with Gasteiger partial charge in [-0.1, -0.05) is 0 Å². The van der Waals surface area contributed by atoms with Crippen molar-refractivity contribution >= 4 is 12.4 Å². The summed E-state index contributed by atoms with van der Waals surface area (Å²) in [6, 6.07) is 3.83. The molecule has 2 aromatic heterocycles. The third kappa shape index (κ3) is 4.89. The van der Waals surface area contributed by atoms with Crippen molar-refractivity contribution in [3.05, 3.63) is 65.3 Å². The van der Waals surface area contributed by atoms with Gasteiger partial charge in [0, 0.05) is 73.3 Å². The van der Waals surface area contributed by atoms with Gasteiger partial charge in [-0.2, -0.15) is 0 Å². The van der Waals surface area contributed by atoms with Gasteiger partial charge in [0.05, 0.1) is 12.7 Å². The van der Waals surface area contributed by atoms with Crippen LogP contribution in [0.3, 0.4) is 0 Å². The minimum absolute atomic E-state index is 0.200. The van der Waals surface area contributed by atoms with Gasteiger partial charge >= 0.3 is 0 Å². The smallest absolute Gasteiger partial charge is 0.133 e. The summed E-state index contributed by atoms with van der Waals surface area (Å²) in [7, 11) is 0. The third-order valence-electron chi connectivity index (χ3n) is 3.90. The Kier molecular flexibility index (Phi) is 5.92. The topological polar surface area (TPSA) is 102 Å². The number of aryl methyl sites for hydroxylation is 1. The second kappa shape index (κ2) is 8.75. The fourth-order valence-corrected chi connectivity index (χ4v) is 2.57. The van der Waals surface area contributed by atoms with Crippen LogP contribution in [0.4, 0.5) is 0 Å². The summed E-state index contributed by atoms with van der Waals surface area (Å²) in [6.45, 7) is 3.25. The van der Waals surface area contributed by atoms with Gasteiger partial charge < -0.3 is 15.1 Å². The van der Waals surface area contributed by atoms with Crippen molar-refractivity contribution in [1.29, 1.82) is 0 Å². The number of aromatic hydroxyl groups is 1. The molecule has 0 amide bonds. The lowest BCUT2D eigenvalue weighted by Crippen LogP contribution is -1.95. The summed E-state index contributed by atoms with van der Waals surface area (Å²) >= 11 is 0. The lowest BCUT2D eigenvalue weighted by atomic mass is 10.1. The molecule has 0 aliphatic carbocycles. The van der Waals surface area contributed by atoms with Crippen LogP contribution in [0.2, 0.25) is 0 Å². The van der Waals surface area contributed by atoms with Crippen LogP contribution in [0.25, 0.3) is 0 Å². The summed E-state index contributed by atoms with van der Waals surface area (Å²) in [5.74, 6) is 0.200. The van der Waals surface area contributed by atoms with Crippen molar-refractivity contribution in [1.82, 2.24) is 19.9 Å². The molecular formula is C19H22N6O. The lowest BCUT2D eigenvalue weighted by Gasteiger charge is -2.05. The maximum atomic E-state index is 10.5. The Balaban J connectivity index is 1.61. The van der Waals surface area contributed by atoms with E-state index in [0.29, 0.717) is 24.2 Å². The first kappa shape index (κ1) is 17.6. The van der Waals surface area contributed by atoms with E-state index in [2.05, 4.69) is 29.9 Å². The average molecular weight is 350 g/mol. The van der Waals surface area contributed by atoms with E-state index in [1.165, 1.54) is 0 Å². The number of aromatic nitrogens is 4. The minimum atomic E-state index is 0.200. The van der Waals surface area contributed by atoms with Gasteiger partial charge in [0.2, 0.25) is 0 Å². The molecule has 1 aromatic carbocycles. The number of aliphatic imine (C=N–C) groups is 2. The third-order valence-corrected chi connectivity index (χ3v) is 3.90. The molecule has 0 atom stereocenters. The zero-order valence-electron chi connectivity index (χ0n) is 14.7. The molecular weight excluding hydrogens is 328 g/mol. The highest BCUT2D eigenvalue weighted by atomic mass is 16.3. The Bertz CT molecular complexity index is 796. The van der Waals surface area contributed by atoms with E-state index in [0.717, 1.165) is 29.8 Å². The number of rotatable bonds is 8. The summed E-state index contributed by atoms with van der Waals surface area (Å²) in [6.07, 6.45) is 11.9. The average Bonchev–Trinajstić information content (AvgIpc) is 3.32. The fraction of sp³-hybridized carbons (Fsp3) is 0.263. The van der Waals surface area contributed by atoms with Gasteiger partial charge in [-0.15, -0.1) is 0 Å². The number of imidazole rings is 2. The molecule has 0 spiro atoms. The first-order valence-electron chi connectivity index (χ1n) is 8.50. The molecule has 0 unspecified atom stereocenters.